The zero-order valence-corrected chi connectivity index (χ0v) is 8.12. The second kappa shape index (κ2) is 3.33. The minimum absolute atomic E-state index is 0.958. The summed E-state index contributed by atoms with van der Waals surface area (Å²) < 4.78 is 4.58. The molecule has 0 saturated carbocycles. The molecular weight excluding hydrogens is 176 g/mol. The highest BCUT2D eigenvalue weighted by atomic mass is 16.6. The summed E-state index contributed by atoms with van der Waals surface area (Å²) in [6.07, 6.45) is 0. The van der Waals surface area contributed by atoms with Crippen LogP contribution in [0, 0.1) is 0 Å². The van der Waals surface area contributed by atoms with E-state index in [2.05, 4.69) is 4.74 Å². The van der Waals surface area contributed by atoms with Crippen molar-refractivity contribution in [2.75, 3.05) is 0 Å². The summed E-state index contributed by atoms with van der Waals surface area (Å²) in [6, 6.07) is 0. The smallest absolute Gasteiger partial charge is 0.347 e. The molecule has 0 unspecified atom stereocenters. The Morgan fingerprint density at radius 3 is 1.77 bits per heavy atom. The van der Waals surface area contributed by atoms with Gasteiger partial charge in [0.2, 0.25) is 5.60 Å². The molecule has 5 nitrogen and oxygen atoms in total. The van der Waals surface area contributed by atoms with Gasteiger partial charge < -0.3 is 14.9 Å². The van der Waals surface area contributed by atoms with Crippen molar-refractivity contribution in [3.63, 3.8) is 0 Å². The summed E-state index contributed by atoms with van der Waals surface area (Å²) in [5.74, 6) is -2.22. The van der Waals surface area contributed by atoms with Crippen LogP contribution < -0.4 is 0 Å². The molecule has 0 spiro atoms. The summed E-state index contributed by atoms with van der Waals surface area (Å²) in [5, 5.41) is 17.8. The molecule has 13 heavy (non-hydrogen) atoms. The van der Waals surface area contributed by atoms with Crippen LogP contribution in [0.2, 0.25) is 0 Å². The van der Waals surface area contributed by atoms with E-state index in [9.17, 15) is 9.59 Å². The molecule has 0 rings (SSSR count). The van der Waals surface area contributed by atoms with Crippen LogP contribution in [-0.4, -0.2) is 33.4 Å². The summed E-state index contributed by atoms with van der Waals surface area (Å²) in [4.78, 5) is 21.6. The van der Waals surface area contributed by atoms with Gasteiger partial charge in [0.25, 0.3) is 0 Å². The van der Waals surface area contributed by atoms with Crippen molar-refractivity contribution in [3.05, 3.63) is 0 Å². The van der Waals surface area contributed by atoms with Gasteiger partial charge >= 0.3 is 11.9 Å². The van der Waals surface area contributed by atoms with Crippen molar-refractivity contribution in [2.45, 2.75) is 38.9 Å². The number of hydrogen-bond acceptors (Lipinski definition) is 4. The van der Waals surface area contributed by atoms with E-state index in [4.69, 9.17) is 10.2 Å². The van der Waals surface area contributed by atoms with E-state index in [1.165, 1.54) is 27.7 Å². The lowest BCUT2D eigenvalue weighted by molar-refractivity contribution is -0.185. The quantitative estimate of drug-likeness (QED) is 0.619. The first-order valence-electron chi connectivity index (χ1n) is 3.76. The molecule has 0 bridgehead atoms. The highest BCUT2D eigenvalue weighted by molar-refractivity contribution is 5.84. The molecule has 2 N–H and O–H groups in total. The van der Waals surface area contributed by atoms with E-state index < -0.39 is 23.1 Å². The fourth-order valence-electron chi connectivity index (χ4n) is 0.400. The molecule has 0 atom stereocenters. The van der Waals surface area contributed by atoms with E-state index in [-0.39, 0.29) is 0 Å². The molecule has 0 aromatic rings. The molecule has 0 aliphatic carbocycles. The fraction of sp³-hybridized carbons (Fsp3) is 0.750. The number of aliphatic hydroxyl groups is 1. The number of carbonyl (C=O) groups is 2. The monoisotopic (exact) mass is 190 g/mol. The SMILES string of the molecule is CC(C)(O)C(=O)OC(C)(C)C(=O)O. The maximum Gasteiger partial charge on any atom is 0.347 e. The molecule has 0 aliphatic rings. The Hall–Kier alpha value is -1.10. The number of aliphatic carboxylic acids is 1. The van der Waals surface area contributed by atoms with E-state index in [1.807, 2.05) is 0 Å². The van der Waals surface area contributed by atoms with Crippen LogP contribution in [0.3, 0.4) is 0 Å². The first kappa shape index (κ1) is 11.9. The van der Waals surface area contributed by atoms with Gasteiger partial charge in [0.1, 0.15) is 0 Å². The standard InChI is InChI=1S/C8H14O5/c1-7(2,12)6(11)13-8(3,4)5(9)10/h12H,1-4H3,(H,9,10). The third kappa shape index (κ3) is 3.42. The summed E-state index contributed by atoms with van der Waals surface area (Å²) in [5.41, 5.74) is -3.29. The van der Waals surface area contributed by atoms with Gasteiger partial charge in [0, 0.05) is 0 Å². The second-order valence-corrected chi connectivity index (χ2v) is 3.76. The largest absolute Gasteiger partial charge is 0.478 e. The molecule has 0 aliphatic heterocycles. The lowest BCUT2D eigenvalue weighted by Crippen LogP contribution is -2.43. The predicted molar refractivity (Wildman–Crippen MR) is 44.1 cm³/mol. The van der Waals surface area contributed by atoms with E-state index in [0.29, 0.717) is 0 Å². The normalized spacial score (nSPS) is 12.4. The third-order valence-electron chi connectivity index (χ3n) is 1.36. The number of hydrogen-bond donors (Lipinski definition) is 2. The Labute approximate surface area is 76.3 Å². The minimum atomic E-state index is -1.67. The lowest BCUT2D eigenvalue weighted by atomic mass is 10.1. The number of carboxylic acid groups (broad SMARTS) is 1. The molecule has 0 radical (unpaired) electrons. The summed E-state index contributed by atoms with van der Waals surface area (Å²) in [7, 11) is 0. The van der Waals surface area contributed by atoms with E-state index in [0.717, 1.165) is 0 Å². The highest BCUT2D eigenvalue weighted by Gasteiger charge is 2.36. The molecule has 0 fully saturated rings. The number of rotatable bonds is 3. The van der Waals surface area contributed by atoms with Crippen molar-refractivity contribution in [3.8, 4) is 0 Å². The number of carboxylic acids is 1. The Morgan fingerprint density at radius 2 is 1.54 bits per heavy atom. The van der Waals surface area contributed by atoms with Crippen LogP contribution >= 0.6 is 0 Å². The van der Waals surface area contributed by atoms with Gasteiger partial charge in [-0.3, -0.25) is 0 Å². The summed E-state index contributed by atoms with van der Waals surface area (Å²) >= 11 is 0. The van der Waals surface area contributed by atoms with Crippen LogP contribution in [-0.2, 0) is 14.3 Å². The van der Waals surface area contributed by atoms with Crippen LogP contribution in [0.15, 0.2) is 0 Å². The van der Waals surface area contributed by atoms with Gasteiger partial charge in [-0.2, -0.15) is 0 Å². The first-order chi connectivity index (χ1) is 5.57. The zero-order chi connectivity index (χ0) is 10.9. The number of carbonyl (C=O) groups excluding carboxylic acids is 1. The molecular formula is C8H14O5. The van der Waals surface area contributed by atoms with Crippen molar-refractivity contribution < 1.29 is 24.5 Å². The molecule has 0 saturated heterocycles. The third-order valence-corrected chi connectivity index (χ3v) is 1.36. The minimum Gasteiger partial charge on any atom is -0.478 e. The van der Waals surface area contributed by atoms with Crippen molar-refractivity contribution >= 4 is 11.9 Å². The fourth-order valence-corrected chi connectivity index (χ4v) is 0.400. The van der Waals surface area contributed by atoms with Crippen molar-refractivity contribution in [2.24, 2.45) is 0 Å². The highest BCUT2D eigenvalue weighted by Crippen LogP contribution is 2.14. The van der Waals surface area contributed by atoms with Gasteiger partial charge in [0.05, 0.1) is 0 Å². The van der Waals surface area contributed by atoms with Gasteiger partial charge in [-0.25, -0.2) is 9.59 Å². The Balaban J connectivity index is 4.47. The average molecular weight is 190 g/mol. The number of ether oxygens (including phenoxy) is 1. The predicted octanol–water partition coefficient (Wildman–Crippen LogP) is 0.164. The molecule has 0 aromatic heterocycles. The molecule has 0 heterocycles. The molecule has 0 aromatic carbocycles. The van der Waals surface area contributed by atoms with Crippen LogP contribution in [0.25, 0.3) is 0 Å². The number of esters is 1. The van der Waals surface area contributed by atoms with Gasteiger partial charge in [-0.05, 0) is 27.7 Å². The average Bonchev–Trinajstić information content (AvgIpc) is 1.83. The molecule has 76 valence electrons. The zero-order valence-electron chi connectivity index (χ0n) is 8.12. The van der Waals surface area contributed by atoms with Gasteiger partial charge in [0.15, 0.2) is 5.60 Å². The van der Waals surface area contributed by atoms with E-state index >= 15 is 0 Å². The van der Waals surface area contributed by atoms with Crippen LogP contribution in [0.5, 0.6) is 0 Å². The van der Waals surface area contributed by atoms with E-state index in [1.54, 1.807) is 0 Å². The topological polar surface area (TPSA) is 83.8 Å². The Bertz CT molecular complexity index is 223. The Morgan fingerprint density at radius 1 is 1.15 bits per heavy atom. The van der Waals surface area contributed by atoms with Crippen molar-refractivity contribution in [1.29, 1.82) is 0 Å². The van der Waals surface area contributed by atoms with Crippen molar-refractivity contribution in [1.82, 2.24) is 0 Å². The van der Waals surface area contributed by atoms with Gasteiger partial charge in [-0.1, -0.05) is 0 Å². The maximum atomic E-state index is 11.0. The summed E-state index contributed by atoms with van der Waals surface area (Å²) in [6.45, 7) is 4.93. The van der Waals surface area contributed by atoms with Crippen LogP contribution in [0.1, 0.15) is 27.7 Å². The first-order valence-corrected chi connectivity index (χ1v) is 3.76. The Kier molecular flexibility index (Phi) is 3.05. The maximum absolute atomic E-state index is 11.0. The molecule has 5 heteroatoms. The molecule has 0 amide bonds. The second-order valence-electron chi connectivity index (χ2n) is 3.76. The van der Waals surface area contributed by atoms with Crippen LogP contribution in [0.4, 0.5) is 0 Å². The van der Waals surface area contributed by atoms with Gasteiger partial charge in [-0.15, -0.1) is 0 Å². The lowest BCUT2D eigenvalue weighted by Gasteiger charge is -2.24.